The third kappa shape index (κ3) is 4.13. The second-order valence-electron chi connectivity index (χ2n) is 4.79. The van der Waals surface area contributed by atoms with Crippen LogP contribution in [0.4, 0.5) is 13.2 Å². The number of alkyl halides is 3. The first-order chi connectivity index (χ1) is 11.7. The second kappa shape index (κ2) is 7.98. The first-order valence-corrected chi connectivity index (χ1v) is 8.18. The Kier molecular flexibility index (Phi) is 6.40. The summed E-state index contributed by atoms with van der Waals surface area (Å²) in [5.74, 6) is 0. The Bertz CT molecular complexity index is 832. The quantitative estimate of drug-likeness (QED) is 0.427. The fraction of sp³-hybridized carbons (Fsp3) is 0.267. The molecule has 134 valence electrons. The molecule has 0 fully saturated rings. The van der Waals surface area contributed by atoms with Gasteiger partial charge in [0.25, 0.3) is 0 Å². The monoisotopic (exact) mass is 456 g/mol. The van der Waals surface area contributed by atoms with Crippen LogP contribution in [-0.4, -0.2) is 18.5 Å². The molecular formula is C15H10BrCl2F3N2O2. The predicted molar refractivity (Wildman–Crippen MR) is 90.3 cm³/mol. The lowest BCUT2D eigenvalue weighted by molar-refractivity contribution is -0.148. The molecule has 1 heterocycles. The van der Waals surface area contributed by atoms with Crippen LogP contribution in [0.25, 0.3) is 11.3 Å². The van der Waals surface area contributed by atoms with Gasteiger partial charge in [0.1, 0.15) is 25.3 Å². The number of methoxy groups -OCH3 is 1. The van der Waals surface area contributed by atoms with Crippen molar-refractivity contribution in [1.82, 2.24) is 4.57 Å². The number of nitrogens with zero attached hydrogens (tertiary/aromatic N) is 2. The van der Waals surface area contributed by atoms with Crippen molar-refractivity contribution >= 4 is 39.1 Å². The van der Waals surface area contributed by atoms with Gasteiger partial charge in [-0.05, 0) is 28.1 Å². The third-order valence-electron chi connectivity index (χ3n) is 3.20. The molecule has 0 aliphatic heterocycles. The molecule has 1 aromatic heterocycles. The van der Waals surface area contributed by atoms with Gasteiger partial charge in [-0.15, -0.1) is 0 Å². The largest absolute Gasteiger partial charge is 0.432 e. The Hall–Kier alpha value is -1.24. The lowest BCUT2D eigenvalue weighted by Crippen LogP contribution is -2.17. The van der Waals surface area contributed by atoms with Crippen LogP contribution in [0.2, 0.25) is 10.0 Å². The molecule has 0 saturated heterocycles. The van der Waals surface area contributed by atoms with Crippen LogP contribution in [0, 0.1) is 11.3 Å². The van der Waals surface area contributed by atoms with E-state index in [0.29, 0.717) is 5.56 Å². The summed E-state index contributed by atoms with van der Waals surface area (Å²) in [5.41, 5.74) is -0.924. The van der Waals surface area contributed by atoms with E-state index in [-0.39, 0.29) is 32.6 Å². The van der Waals surface area contributed by atoms with Gasteiger partial charge in [-0.3, -0.25) is 0 Å². The highest BCUT2D eigenvalue weighted by Crippen LogP contribution is 2.43. The highest BCUT2D eigenvalue weighted by atomic mass is 79.9. The van der Waals surface area contributed by atoms with Crippen molar-refractivity contribution in [2.75, 3.05) is 13.9 Å². The minimum Gasteiger partial charge on any atom is -0.359 e. The summed E-state index contributed by atoms with van der Waals surface area (Å²) in [6, 6.07) is 6.09. The third-order valence-corrected chi connectivity index (χ3v) is 4.71. The van der Waals surface area contributed by atoms with E-state index in [1.165, 1.54) is 25.3 Å². The summed E-state index contributed by atoms with van der Waals surface area (Å²) in [5, 5.41) is 9.77. The van der Waals surface area contributed by atoms with Crippen LogP contribution in [0.1, 0.15) is 11.3 Å². The summed E-state index contributed by atoms with van der Waals surface area (Å²) in [7, 11) is 1.34. The van der Waals surface area contributed by atoms with E-state index >= 15 is 0 Å². The van der Waals surface area contributed by atoms with E-state index in [0.717, 1.165) is 4.57 Å². The zero-order chi connectivity index (χ0) is 18.8. The molecule has 0 saturated carbocycles. The average Bonchev–Trinajstić information content (AvgIpc) is 2.82. The Morgan fingerprint density at radius 3 is 2.48 bits per heavy atom. The Balaban J connectivity index is 2.75. The molecule has 4 nitrogen and oxygen atoms in total. The second-order valence-corrected chi connectivity index (χ2v) is 6.40. The molecule has 0 aliphatic rings. The van der Waals surface area contributed by atoms with Crippen LogP contribution in [-0.2, 0) is 22.4 Å². The summed E-state index contributed by atoms with van der Waals surface area (Å²) in [6.07, 6.45) is -4.71. The van der Waals surface area contributed by atoms with Gasteiger partial charge in [-0.1, -0.05) is 29.3 Å². The van der Waals surface area contributed by atoms with E-state index < -0.39 is 18.6 Å². The lowest BCUT2D eigenvalue weighted by atomic mass is 10.1. The standard InChI is InChI=1S/C15H10BrCl2F3N2O2/c1-24-7-25-6-23-13(8-2-3-10(17)11(18)4-8)9(5-22)12(16)14(23)15(19,20)21/h2-4H,6-7H2,1H3. The molecule has 0 spiro atoms. The number of benzene rings is 1. The van der Waals surface area contributed by atoms with Crippen molar-refractivity contribution in [1.29, 1.82) is 5.26 Å². The van der Waals surface area contributed by atoms with Crippen LogP contribution < -0.4 is 0 Å². The van der Waals surface area contributed by atoms with Crippen molar-refractivity contribution in [2.45, 2.75) is 12.9 Å². The molecule has 2 aromatic rings. The number of aromatic nitrogens is 1. The maximum atomic E-state index is 13.5. The lowest BCUT2D eigenvalue weighted by Gasteiger charge is -2.16. The summed E-state index contributed by atoms with van der Waals surface area (Å²) in [4.78, 5) is 0. The minimum absolute atomic E-state index is 0.0105. The average molecular weight is 458 g/mol. The topological polar surface area (TPSA) is 47.2 Å². The smallest absolute Gasteiger partial charge is 0.359 e. The normalized spacial score (nSPS) is 11.6. The first kappa shape index (κ1) is 20.1. The van der Waals surface area contributed by atoms with E-state index in [2.05, 4.69) is 15.9 Å². The van der Waals surface area contributed by atoms with Crippen molar-refractivity contribution in [3.05, 3.63) is 44.0 Å². The molecule has 0 atom stereocenters. The number of ether oxygens (including phenoxy) is 2. The Morgan fingerprint density at radius 1 is 1.28 bits per heavy atom. The van der Waals surface area contributed by atoms with Gasteiger partial charge in [-0.2, -0.15) is 18.4 Å². The fourth-order valence-electron chi connectivity index (χ4n) is 2.25. The first-order valence-electron chi connectivity index (χ1n) is 6.63. The molecule has 0 aliphatic carbocycles. The number of halogens is 6. The zero-order valence-electron chi connectivity index (χ0n) is 12.6. The van der Waals surface area contributed by atoms with Crippen LogP contribution >= 0.6 is 39.1 Å². The molecule has 0 unspecified atom stereocenters. The maximum Gasteiger partial charge on any atom is 0.432 e. The molecular weight excluding hydrogens is 448 g/mol. The van der Waals surface area contributed by atoms with Crippen molar-refractivity contribution < 1.29 is 22.6 Å². The van der Waals surface area contributed by atoms with Gasteiger partial charge < -0.3 is 14.0 Å². The maximum absolute atomic E-state index is 13.5. The summed E-state index contributed by atoms with van der Waals surface area (Å²) in [6.45, 7) is -0.686. The minimum atomic E-state index is -4.71. The van der Waals surface area contributed by atoms with Crippen molar-refractivity contribution in [3.8, 4) is 17.3 Å². The predicted octanol–water partition coefficient (Wildman–Crippen LogP) is 5.69. The molecule has 25 heavy (non-hydrogen) atoms. The van der Waals surface area contributed by atoms with Crippen LogP contribution in [0.5, 0.6) is 0 Å². The Morgan fingerprint density at radius 2 is 1.96 bits per heavy atom. The number of hydrogen-bond acceptors (Lipinski definition) is 3. The van der Waals surface area contributed by atoms with E-state index in [1.807, 2.05) is 0 Å². The summed E-state index contributed by atoms with van der Waals surface area (Å²) < 4.78 is 50.8. The van der Waals surface area contributed by atoms with E-state index in [4.69, 9.17) is 32.7 Å². The van der Waals surface area contributed by atoms with Gasteiger partial charge in [0.05, 0.1) is 25.8 Å². The fourth-order valence-corrected chi connectivity index (χ4v) is 3.27. The van der Waals surface area contributed by atoms with E-state index in [9.17, 15) is 18.4 Å². The molecule has 2 rings (SSSR count). The summed E-state index contributed by atoms with van der Waals surface area (Å²) >= 11 is 14.7. The molecule has 10 heteroatoms. The van der Waals surface area contributed by atoms with Gasteiger partial charge >= 0.3 is 6.18 Å². The van der Waals surface area contributed by atoms with E-state index in [1.54, 1.807) is 6.07 Å². The van der Waals surface area contributed by atoms with Gasteiger partial charge in [0, 0.05) is 12.7 Å². The Labute approximate surface area is 159 Å². The van der Waals surface area contributed by atoms with Gasteiger partial charge in [0.15, 0.2) is 0 Å². The van der Waals surface area contributed by atoms with Crippen molar-refractivity contribution in [3.63, 3.8) is 0 Å². The number of nitriles is 1. The van der Waals surface area contributed by atoms with Crippen molar-refractivity contribution in [2.24, 2.45) is 0 Å². The van der Waals surface area contributed by atoms with Gasteiger partial charge in [0.2, 0.25) is 0 Å². The zero-order valence-corrected chi connectivity index (χ0v) is 15.7. The molecule has 0 N–H and O–H groups in total. The van der Waals surface area contributed by atoms with Crippen LogP contribution in [0.3, 0.4) is 0 Å². The van der Waals surface area contributed by atoms with Gasteiger partial charge in [-0.25, -0.2) is 0 Å². The molecule has 1 aromatic carbocycles. The SMILES string of the molecule is COCOCn1c(-c2ccc(Cl)c(Cl)c2)c(C#N)c(Br)c1C(F)(F)F. The number of hydrogen-bond donors (Lipinski definition) is 0. The van der Waals surface area contributed by atoms with Crippen LogP contribution in [0.15, 0.2) is 22.7 Å². The molecule has 0 bridgehead atoms. The number of rotatable bonds is 5. The highest BCUT2D eigenvalue weighted by Gasteiger charge is 2.40. The molecule has 0 amide bonds. The highest BCUT2D eigenvalue weighted by molar-refractivity contribution is 9.10. The molecule has 0 radical (unpaired) electrons.